The predicted octanol–water partition coefficient (Wildman–Crippen LogP) is 4.84. The van der Waals surface area contributed by atoms with Crippen molar-refractivity contribution in [3.05, 3.63) is 56.2 Å². The van der Waals surface area contributed by atoms with E-state index in [-0.39, 0.29) is 21.5 Å². The third-order valence-corrected chi connectivity index (χ3v) is 4.03. The van der Waals surface area contributed by atoms with E-state index in [0.29, 0.717) is 16.6 Å². The fourth-order valence-corrected chi connectivity index (χ4v) is 2.83. The molecular weight excluding hydrogens is 433 g/mol. The van der Waals surface area contributed by atoms with E-state index in [9.17, 15) is 9.18 Å². The Morgan fingerprint density at radius 3 is 2.61 bits per heavy atom. The molecule has 2 rings (SSSR count). The normalized spacial score (nSPS) is 10.0. The van der Waals surface area contributed by atoms with Crippen molar-refractivity contribution in [2.24, 2.45) is 0 Å². The van der Waals surface area contributed by atoms with E-state index in [4.69, 9.17) is 14.7 Å². The first-order valence-corrected chi connectivity index (χ1v) is 8.08. The third-order valence-electron chi connectivity index (χ3n) is 2.78. The number of carbonyl (C=O) groups excluding carboxylic acids is 1. The maximum Gasteiger partial charge on any atom is 0.344 e. The smallest absolute Gasteiger partial charge is 0.344 e. The lowest BCUT2D eigenvalue weighted by atomic mass is 10.2. The summed E-state index contributed by atoms with van der Waals surface area (Å²) in [6.07, 6.45) is 0. The lowest BCUT2D eigenvalue weighted by Crippen LogP contribution is -2.11. The van der Waals surface area contributed by atoms with Crippen molar-refractivity contribution < 1.29 is 18.7 Å². The van der Waals surface area contributed by atoms with Crippen LogP contribution in [0.4, 0.5) is 4.39 Å². The Morgan fingerprint density at radius 2 is 2.00 bits per heavy atom. The molecule has 0 aliphatic heterocycles. The highest BCUT2D eigenvalue weighted by molar-refractivity contribution is 9.10. The Hall–Kier alpha value is -1.91. The zero-order chi connectivity index (χ0) is 17.0. The van der Waals surface area contributed by atoms with Gasteiger partial charge in [-0.3, -0.25) is 0 Å². The van der Waals surface area contributed by atoms with Gasteiger partial charge in [0, 0.05) is 10.5 Å². The van der Waals surface area contributed by atoms with Gasteiger partial charge in [0.05, 0.1) is 28.3 Å². The fraction of sp³-hybridized carbons (Fsp3) is 0.125. The van der Waals surface area contributed by atoms with Crippen LogP contribution in [-0.4, -0.2) is 12.6 Å². The zero-order valence-corrected chi connectivity index (χ0v) is 15.1. The topological polar surface area (TPSA) is 59.3 Å². The van der Waals surface area contributed by atoms with Crippen LogP contribution in [-0.2, 0) is 0 Å². The molecule has 4 nitrogen and oxygen atoms in total. The molecule has 2 aromatic rings. The Bertz CT molecular complexity index is 803. The van der Waals surface area contributed by atoms with E-state index in [1.165, 1.54) is 30.3 Å². The Morgan fingerprint density at radius 1 is 1.26 bits per heavy atom. The number of nitriles is 1. The molecule has 0 saturated heterocycles. The van der Waals surface area contributed by atoms with Crippen molar-refractivity contribution in [2.75, 3.05) is 6.61 Å². The van der Waals surface area contributed by atoms with E-state index in [2.05, 4.69) is 31.9 Å². The fourth-order valence-electron chi connectivity index (χ4n) is 1.80. The molecule has 0 spiro atoms. The number of esters is 1. The van der Waals surface area contributed by atoms with Crippen LogP contribution >= 0.6 is 31.9 Å². The molecule has 0 fully saturated rings. The average Bonchev–Trinajstić information content (AvgIpc) is 2.50. The number of benzene rings is 2. The highest BCUT2D eigenvalue weighted by Gasteiger charge is 2.19. The van der Waals surface area contributed by atoms with Crippen LogP contribution in [0.1, 0.15) is 22.8 Å². The minimum atomic E-state index is -0.678. The van der Waals surface area contributed by atoms with Crippen LogP contribution < -0.4 is 9.47 Å². The summed E-state index contributed by atoms with van der Waals surface area (Å²) in [4.78, 5) is 12.3. The van der Waals surface area contributed by atoms with Gasteiger partial charge in [0.1, 0.15) is 5.82 Å². The molecule has 0 N–H and O–H groups in total. The molecule has 0 unspecified atom stereocenters. The quantitative estimate of drug-likeness (QED) is 0.502. The van der Waals surface area contributed by atoms with E-state index in [1.807, 2.05) is 6.07 Å². The maximum absolute atomic E-state index is 13.1. The first-order chi connectivity index (χ1) is 11.0. The molecule has 0 bridgehead atoms. The summed E-state index contributed by atoms with van der Waals surface area (Å²) in [6.45, 7) is 2.11. The van der Waals surface area contributed by atoms with E-state index in [0.717, 1.165) is 0 Å². The van der Waals surface area contributed by atoms with Crippen molar-refractivity contribution in [3.63, 3.8) is 0 Å². The summed E-state index contributed by atoms with van der Waals surface area (Å²) < 4.78 is 24.6. The highest BCUT2D eigenvalue weighted by atomic mass is 79.9. The summed E-state index contributed by atoms with van der Waals surface area (Å²) >= 11 is 6.38. The van der Waals surface area contributed by atoms with Crippen molar-refractivity contribution in [3.8, 4) is 17.6 Å². The second-order valence-corrected chi connectivity index (χ2v) is 6.05. The van der Waals surface area contributed by atoms with Gasteiger partial charge >= 0.3 is 5.97 Å². The van der Waals surface area contributed by atoms with Gasteiger partial charge in [-0.2, -0.15) is 5.26 Å². The van der Waals surface area contributed by atoms with Crippen molar-refractivity contribution in [1.82, 2.24) is 0 Å². The standard InChI is InChI=1S/C16H10Br2FNO3/c1-2-22-14-6-9(8-20)5-13(18)15(14)23-16(21)11-4-3-10(19)7-12(11)17/h3-7H,2H2,1H3. The number of hydrogen-bond donors (Lipinski definition) is 0. The first-order valence-electron chi connectivity index (χ1n) is 6.50. The second-order valence-electron chi connectivity index (χ2n) is 4.34. The van der Waals surface area contributed by atoms with Crippen molar-refractivity contribution in [2.45, 2.75) is 6.92 Å². The average molecular weight is 443 g/mol. The number of nitrogens with zero attached hydrogens (tertiary/aromatic N) is 1. The number of carbonyl (C=O) groups is 1. The Balaban J connectivity index is 2.39. The monoisotopic (exact) mass is 441 g/mol. The Labute approximate surface area is 149 Å². The third kappa shape index (κ3) is 4.09. The minimum Gasteiger partial charge on any atom is -0.490 e. The van der Waals surface area contributed by atoms with E-state index < -0.39 is 11.8 Å². The lowest BCUT2D eigenvalue weighted by Gasteiger charge is -2.13. The number of ether oxygens (including phenoxy) is 2. The summed E-state index contributed by atoms with van der Waals surface area (Å²) in [5.74, 6) is -0.719. The molecule has 2 aromatic carbocycles. The molecule has 0 amide bonds. The summed E-state index contributed by atoms with van der Waals surface area (Å²) in [5, 5.41) is 8.99. The first kappa shape index (κ1) is 17.4. The van der Waals surface area contributed by atoms with Gasteiger partial charge in [-0.05, 0) is 63.0 Å². The van der Waals surface area contributed by atoms with Gasteiger partial charge in [0.15, 0.2) is 11.5 Å². The largest absolute Gasteiger partial charge is 0.490 e. The van der Waals surface area contributed by atoms with Crippen LogP contribution in [0, 0.1) is 17.1 Å². The molecule has 0 aliphatic rings. The number of rotatable bonds is 4. The zero-order valence-electron chi connectivity index (χ0n) is 11.9. The number of halogens is 3. The molecule has 0 radical (unpaired) electrons. The summed E-state index contributed by atoms with van der Waals surface area (Å²) in [7, 11) is 0. The SMILES string of the molecule is CCOc1cc(C#N)cc(Br)c1OC(=O)c1ccc(F)cc1Br. The molecule has 0 heterocycles. The van der Waals surface area contributed by atoms with Gasteiger partial charge in [-0.1, -0.05) is 0 Å². The minimum absolute atomic E-state index is 0.159. The Kier molecular flexibility index (Phi) is 5.74. The molecular formula is C16H10Br2FNO3. The van der Waals surface area contributed by atoms with E-state index in [1.54, 1.807) is 6.92 Å². The molecule has 0 atom stereocenters. The lowest BCUT2D eigenvalue weighted by molar-refractivity contribution is 0.0726. The van der Waals surface area contributed by atoms with Crippen molar-refractivity contribution in [1.29, 1.82) is 5.26 Å². The van der Waals surface area contributed by atoms with Gasteiger partial charge in [-0.15, -0.1) is 0 Å². The molecule has 0 saturated carbocycles. The van der Waals surface area contributed by atoms with Gasteiger partial charge in [0.2, 0.25) is 0 Å². The van der Waals surface area contributed by atoms with Crippen LogP contribution in [0.5, 0.6) is 11.5 Å². The van der Waals surface area contributed by atoms with Crippen LogP contribution in [0.25, 0.3) is 0 Å². The number of hydrogen-bond acceptors (Lipinski definition) is 4. The van der Waals surface area contributed by atoms with Gasteiger partial charge in [0.25, 0.3) is 0 Å². The highest BCUT2D eigenvalue weighted by Crippen LogP contribution is 2.37. The molecule has 0 aliphatic carbocycles. The van der Waals surface area contributed by atoms with Crippen LogP contribution in [0.3, 0.4) is 0 Å². The van der Waals surface area contributed by atoms with Crippen molar-refractivity contribution >= 4 is 37.8 Å². The molecule has 0 aromatic heterocycles. The maximum atomic E-state index is 13.1. The van der Waals surface area contributed by atoms with Crippen LogP contribution in [0.15, 0.2) is 39.3 Å². The van der Waals surface area contributed by atoms with Crippen LogP contribution in [0.2, 0.25) is 0 Å². The molecule has 23 heavy (non-hydrogen) atoms. The summed E-state index contributed by atoms with van der Waals surface area (Å²) in [6, 6.07) is 8.65. The van der Waals surface area contributed by atoms with Gasteiger partial charge in [-0.25, -0.2) is 9.18 Å². The van der Waals surface area contributed by atoms with E-state index >= 15 is 0 Å². The molecule has 118 valence electrons. The predicted molar refractivity (Wildman–Crippen MR) is 89.1 cm³/mol. The van der Waals surface area contributed by atoms with Gasteiger partial charge < -0.3 is 9.47 Å². The second kappa shape index (κ2) is 7.57. The molecule has 7 heteroatoms. The summed E-state index contributed by atoms with van der Waals surface area (Å²) in [5.41, 5.74) is 0.535.